The molecule has 1 aliphatic rings. The van der Waals surface area contributed by atoms with E-state index in [2.05, 4.69) is 5.92 Å². The van der Waals surface area contributed by atoms with E-state index < -0.39 is 5.97 Å². The average molecular weight is 326 g/mol. The van der Waals surface area contributed by atoms with Crippen molar-refractivity contribution in [2.45, 2.75) is 18.9 Å². The quantitative estimate of drug-likeness (QED) is 0.856. The fourth-order valence-electron chi connectivity index (χ4n) is 2.66. The van der Waals surface area contributed by atoms with E-state index in [-0.39, 0.29) is 24.8 Å². The van der Waals surface area contributed by atoms with E-state index >= 15 is 0 Å². The first-order valence-electron chi connectivity index (χ1n) is 7.43. The van der Waals surface area contributed by atoms with Crippen molar-refractivity contribution in [3.8, 4) is 23.8 Å². The molecule has 2 aromatic rings. The van der Waals surface area contributed by atoms with Crippen LogP contribution < -0.4 is 9.47 Å². The van der Waals surface area contributed by atoms with Crippen LogP contribution in [0, 0.1) is 18.2 Å². The van der Waals surface area contributed by atoms with Gasteiger partial charge in [-0.1, -0.05) is 12.0 Å². The predicted octanol–water partition coefficient (Wildman–Crippen LogP) is 3.34. The molecule has 3 rings (SSSR count). The molecule has 4 nitrogen and oxygen atoms in total. The Hall–Kier alpha value is -3.00. The third-order valence-electron chi connectivity index (χ3n) is 3.89. The van der Waals surface area contributed by atoms with E-state index in [1.165, 1.54) is 12.1 Å². The molecule has 0 amide bonds. The third-order valence-corrected chi connectivity index (χ3v) is 3.89. The maximum absolute atomic E-state index is 13.8. The van der Waals surface area contributed by atoms with Crippen LogP contribution in [0.5, 0.6) is 11.5 Å². The molecule has 0 bridgehead atoms. The molecule has 122 valence electrons. The van der Waals surface area contributed by atoms with Crippen molar-refractivity contribution in [1.29, 1.82) is 0 Å². The lowest BCUT2D eigenvalue weighted by Crippen LogP contribution is -2.07. The molecular weight excluding hydrogens is 311 g/mol. The lowest BCUT2D eigenvalue weighted by atomic mass is 9.98. The van der Waals surface area contributed by atoms with E-state index in [1.807, 2.05) is 0 Å². The van der Waals surface area contributed by atoms with Crippen LogP contribution >= 0.6 is 0 Å². The fourth-order valence-corrected chi connectivity index (χ4v) is 2.66. The molecule has 0 saturated carbocycles. The molecule has 1 aliphatic heterocycles. The molecule has 0 saturated heterocycles. The maximum Gasteiger partial charge on any atom is 0.304 e. The summed E-state index contributed by atoms with van der Waals surface area (Å²) in [5.41, 5.74) is 1.81. The number of halogens is 1. The summed E-state index contributed by atoms with van der Waals surface area (Å²) in [7, 11) is 0. The minimum absolute atomic E-state index is 0.0251. The summed E-state index contributed by atoms with van der Waals surface area (Å²) in [4.78, 5) is 10.8. The molecule has 24 heavy (non-hydrogen) atoms. The lowest BCUT2D eigenvalue weighted by Gasteiger charge is -2.10. The normalized spacial score (nSPS) is 15.2. The zero-order valence-corrected chi connectivity index (χ0v) is 12.8. The highest BCUT2D eigenvalue weighted by molar-refractivity contribution is 5.68. The van der Waals surface area contributed by atoms with Crippen LogP contribution in [0.2, 0.25) is 0 Å². The number of rotatable bonds is 5. The summed E-state index contributed by atoms with van der Waals surface area (Å²) in [6, 6.07) is 9.63. The molecular formula is C19H15FO4. The number of ether oxygens (including phenoxy) is 2. The first kappa shape index (κ1) is 15.9. The number of carboxylic acids is 1. The van der Waals surface area contributed by atoms with Gasteiger partial charge in [0.15, 0.2) is 0 Å². The number of carbonyl (C=O) groups is 1. The second kappa shape index (κ2) is 6.63. The molecule has 1 unspecified atom stereocenters. The zero-order valence-electron chi connectivity index (χ0n) is 12.8. The number of hydrogen-bond donors (Lipinski definition) is 1. The number of benzene rings is 2. The number of aliphatic carboxylic acids is 1. The Morgan fingerprint density at radius 2 is 2.21 bits per heavy atom. The van der Waals surface area contributed by atoms with Crippen LogP contribution in [0.3, 0.4) is 0 Å². The van der Waals surface area contributed by atoms with Gasteiger partial charge in [0.1, 0.15) is 23.9 Å². The van der Waals surface area contributed by atoms with Gasteiger partial charge in [0.25, 0.3) is 0 Å². The Bertz CT molecular complexity index is 823. The van der Waals surface area contributed by atoms with Crippen LogP contribution in [-0.2, 0) is 11.4 Å². The average Bonchev–Trinajstić information content (AvgIpc) is 2.95. The summed E-state index contributed by atoms with van der Waals surface area (Å²) in [5, 5.41) is 8.90. The van der Waals surface area contributed by atoms with Gasteiger partial charge in [0.05, 0.1) is 13.0 Å². The highest BCUT2D eigenvalue weighted by Crippen LogP contribution is 2.38. The molecule has 0 aliphatic carbocycles. The summed E-state index contributed by atoms with van der Waals surface area (Å²) in [6.07, 6.45) is 5.34. The molecule has 0 fully saturated rings. The Kier molecular flexibility index (Phi) is 4.39. The van der Waals surface area contributed by atoms with Crippen molar-refractivity contribution in [3.63, 3.8) is 0 Å². The summed E-state index contributed by atoms with van der Waals surface area (Å²) >= 11 is 0. The summed E-state index contributed by atoms with van der Waals surface area (Å²) in [6.45, 7) is 0.378. The molecule has 1 heterocycles. The Labute approximate surface area is 138 Å². The summed E-state index contributed by atoms with van der Waals surface area (Å²) < 4.78 is 24.9. The minimum Gasteiger partial charge on any atom is -0.492 e. The molecule has 0 spiro atoms. The first-order chi connectivity index (χ1) is 11.6. The van der Waals surface area contributed by atoms with Crippen molar-refractivity contribution >= 4 is 5.97 Å². The number of fused-ring (bicyclic) bond motifs is 1. The number of carboxylic acid groups (broad SMARTS) is 1. The molecule has 1 atom stereocenters. The second-order valence-electron chi connectivity index (χ2n) is 5.54. The number of terminal acetylenes is 1. The van der Waals surface area contributed by atoms with Crippen LogP contribution in [0.15, 0.2) is 36.4 Å². The van der Waals surface area contributed by atoms with Gasteiger partial charge in [-0.3, -0.25) is 4.79 Å². The molecule has 0 aromatic heterocycles. The summed E-state index contributed by atoms with van der Waals surface area (Å²) in [5.74, 6) is 2.19. The van der Waals surface area contributed by atoms with Crippen molar-refractivity contribution in [2.24, 2.45) is 0 Å². The van der Waals surface area contributed by atoms with Gasteiger partial charge >= 0.3 is 5.97 Å². The fraction of sp³-hybridized carbons (Fsp3) is 0.211. The van der Waals surface area contributed by atoms with Gasteiger partial charge < -0.3 is 14.6 Å². The molecule has 0 radical (unpaired) electrons. The first-order valence-corrected chi connectivity index (χ1v) is 7.43. The van der Waals surface area contributed by atoms with Crippen LogP contribution in [-0.4, -0.2) is 17.7 Å². The van der Waals surface area contributed by atoms with E-state index in [9.17, 15) is 9.18 Å². The van der Waals surface area contributed by atoms with Crippen molar-refractivity contribution < 1.29 is 23.8 Å². The zero-order chi connectivity index (χ0) is 17.1. The van der Waals surface area contributed by atoms with E-state index in [0.29, 0.717) is 29.2 Å². The highest BCUT2D eigenvalue weighted by atomic mass is 19.1. The highest BCUT2D eigenvalue weighted by Gasteiger charge is 2.26. The number of hydrogen-bond acceptors (Lipinski definition) is 3. The molecule has 5 heteroatoms. The van der Waals surface area contributed by atoms with Gasteiger partial charge in [0, 0.05) is 28.7 Å². The van der Waals surface area contributed by atoms with E-state index in [1.54, 1.807) is 24.3 Å². The van der Waals surface area contributed by atoms with Gasteiger partial charge in [-0.05, 0) is 24.3 Å². The Balaban J connectivity index is 1.72. The van der Waals surface area contributed by atoms with Crippen molar-refractivity contribution in [3.05, 3.63) is 58.9 Å². The van der Waals surface area contributed by atoms with Crippen LogP contribution in [0.25, 0.3) is 0 Å². The van der Waals surface area contributed by atoms with Crippen molar-refractivity contribution in [2.75, 3.05) is 6.61 Å². The molecule has 1 N–H and O–H groups in total. The predicted molar refractivity (Wildman–Crippen MR) is 85.6 cm³/mol. The van der Waals surface area contributed by atoms with E-state index in [4.69, 9.17) is 21.0 Å². The Morgan fingerprint density at radius 1 is 1.38 bits per heavy atom. The smallest absolute Gasteiger partial charge is 0.304 e. The Morgan fingerprint density at radius 3 is 2.96 bits per heavy atom. The van der Waals surface area contributed by atoms with Crippen LogP contribution in [0.1, 0.15) is 29.0 Å². The molecule has 2 aromatic carbocycles. The van der Waals surface area contributed by atoms with E-state index in [0.717, 1.165) is 5.56 Å². The van der Waals surface area contributed by atoms with Crippen LogP contribution in [0.4, 0.5) is 4.39 Å². The largest absolute Gasteiger partial charge is 0.492 e. The monoisotopic (exact) mass is 326 g/mol. The van der Waals surface area contributed by atoms with Gasteiger partial charge in [0.2, 0.25) is 0 Å². The topological polar surface area (TPSA) is 55.8 Å². The minimum atomic E-state index is -0.861. The van der Waals surface area contributed by atoms with Crippen molar-refractivity contribution in [1.82, 2.24) is 0 Å². The maximum atomic E-state index is 13.8. The standard InChI is InChI=1S/C19H15FO4/c1-2-12-3-6-17(20)14(7-12)11-23-15-4-5-16-13(8-19(21)22)10-24-18(16)9-15/h1,3-7,9,13H,8,10-11H2,(H,21,22). The van der Waals surface area contributed by atoms with Gasteiger partial charge in [-0.2, -0.15) is 0 Å². The van der Waals surface area contributed by atoms with Gasteiger partial charge in [-0.25, -0.2) is 4.39 Å². The SMILES string of the molecule is C#Cc1ccc(F)c(COc2ccc3c(c2)OCC3CC(=O)O)c1. The van der Waals surface area contributed by atoms with Gasteiger partial charge in [-0.15, -0.1) is 6.42 Å². The third kappa shape index (κ3) is 3.33. The second-order valence-corrected chi connectivity index (χ2v) is 5.54. The lowest BCUT2D eigenvalue weighted by molar-refractivity contribution is -0.137.